The number of nitrogens with zero attached hydrogens (tertiary/aromatic N) is 5. The number of halogens is 3. The molecule has 0 aliphatic carbocycles. The van der Waals surface area contributed by atoms with Gasteiger partial charge in [0.05, 0.1) is 12.7 Å². The van der Waals surface area contributed by atoms with Crippen molar-refractivity contribution < 1.29 is 14.0 Å². The second-order valence-electron chi connectivity index (χ2n) is 13.7. The van der Waals surface area contributed by atoms with Crippen LogP contribution in [0.3, 0.4) is 0 Å². The molecule has 2 aromatic rings. The lowest BCUT2D eigenvalue weighted by Crippen LogP contribution is -2.50. The average molecular weight is 687 g/mol. The van der Waals surface area contributed by atoms with Gasteiger partial charge in [0.1, 0.15) is 16.5 Å². The highest BCUT2D eigenvalue weighted by Crippen LogP contribution is 2.56. The van der Waals surface area contributed by atoms with Crippen molar-refractivity contribution in [3.05, 3.63) is 80.3 Å². The van der Waals surface area contributed by atoms with Crippen LogP contribution in [0.5, 0.6) is 0 Å². The fourth-order valence-electron chi connectivity index (χ4n) is 7.73. The molecule has 6 rings (SSSR count). The molecule has 2 amide bonds. The molecule has 4 heterocycles. The average Bonchev–Trinajstić information content (AvgIpc) is 3.78. The zero-order chi connectivity index (χ0) is 33.1. The number of carbonyl (C=O) groups is 2. The number of thioether (sulfide) groups is 1. The lowest BCUT2D eigenvalue weighted by atomic mass is 9.81. The minimum absolute atomic E-state index is 0.00155. The van der Waals surface area contributed by atoms with Crippen LogP contribution in [0, 0.1) is 11.8 Å². The van der Waals surface area contributed by atoms with E-state index < -0.39 is 18.3 Å². The summed E-state index contributed by atoms with van der Waals surface area (Å²) in [7, 11) is 3.85. The van der Waals surface area contributed by atoms with E-state index in [4.69, 9.17) is 28.2 Å². The first-order valence-corrected chi connectivity index (χ1v) is 17.6. The number of likely N-dealkylation sites (tertiary alicyclic amines) is 2. The van der Waals surface area contributed by atoms with Crippen LogP contribution in [-0.4, -0.2) is 88.6 Å². The maximum absolute atomic E-state index is 14.7. The first-order valence-electron chi connectivity index (χ1n) is 16.0. The number of hydrogen-bond donors (Lipinski definition) is 0. The van der Waals surface area contributed by atoms with Crippen molar-refractivity contribution in [2.24, 2.45) is 16.8 Å². The Labute approximate surface area is 285 Å². The van der Waals surface area contributed by atoms with Crippen LogP contribution in [-0.2, 0) is 15.1 Å². The third-order valence-corrected chi connectivity index (χ3v) is 11.7. The number of rotatable bonds is 7. The Morgan fingerprint density at radius 2 is 1.67 bits per heavy atom. The minimum atomic E-state index is -0.666. The number of amidine groups is 1. The molecule has 4 aliphatic heterocycles. The topological polar surface area (TPSA) is 59.5 Å². The number of amides is 2. The number of likely N-dealkylation sites (N-methyl/N-ethyl adjacent to an activating group) is 1. The van der Waals surface area contributed by atoms with Crippen LogP contribution < -0.4 is 0 Å². The predicted octanol–water partition coefficient (Wildman–Crippen LogP) is 6.97. The summed E-state index contributed by atoms with van der Waals surface area (Å²) in [6.07, 6.45) is 1.33. The summed E-state index contributed by atoms with van der Waals surface area (Å²) < 4.78 is 13.9. The van der Waals surface area contributed by atoms with E-state index in [-0.39, 0.29) is 41.8 Å². The van der Waals surface area contributed by atoms with Crippen molar-refractivity contribution in [3.8, 4) is 0 Å². The Kier molecular flexibility index (Phi) is 9.26. The van der Waals surface area contributed by atoms with Gasteiger partial charge in [-0.05, 0) is 93.9 Å². The van der Waals surface area contributed by atoms with Crippen LogP contribution in [0.15, 0.2) is 64.1 Å². The quantitative estimate of drug-likeness (QED) is 0.315. The monoisotopic (exact) mass is 685 g/mol. The molecule has 0 bridgehead atoms. The van der Waals surface area contributed by atoms with Gasteiger partial charge < -0.3 is 19.6 Å². The molecule has 2 aromatic carbocycles. The van der Waals surface area contributed by atoms with Gasteiger partial charge in [-0.1, -0.05) is 61.3 Å². The Balaban J connectivity index is 1.37. The number of hydrogen-bond acceptors (Lipinski definition) is 6. The fraction of sp³-hybridized carbons (Fsp3) is 0.514. The van der Waals surface area contributed by atoms with E-state index in [1.807, 2.05) is 74.4 Å². The van der Waals surface area contributed by atoms with Crippen LogP contribution >= 0.6 is 35.0 Å². The fourth-order valence-corrected chi connectivity index (χ4v) is 9.34. The highest BCUT2D eigenvalue weighted by Gasteiger charge is 2.54. The van der Waals surface area contributed by atoms with E-state index in [2.05, 4.69) is 25.7 Å². The van der Waals surface area contributed by atoms with E-state index in [9.17, 15) is 14.0 Å². The van der Waals surface area contributed by atoms with E-state index in [1.165, 1.54) is 11.8 Å². The molecule has 0 spiro atoms. The van der Waals surface area contributed by atoms with Crippen molar-refractivity contribution in [2.45, 2.75) is 70.2 Å². The summed E-state index contributed by atoms with van der Waals surface area (Å²) in [5, 5.41) is 2.06. The molecule has 6 atom stereocenters. The first kappa shape index (κ1) is 33.3. The van der Waals surface area contributed by atoms with E-state index >= 15 is 0 Å². The molecule has 0 saturated carbocycles. The third-order valence-electron chi connectivity index (χ3n) is 10.1. The van der Waals surface area contributed by atoms with Gasteiger partial charge in [-0.15, -0.1) is 0 Å². The molecule has 7 nitrogen and oxygen atoms in total. The Bertz CT molecular complexity index is 1570. The molecular weight excluding hydrogens is 644 g/mol. The zero-order valence-electron chi connectivity index (χ0n) is 27.2. The summed E-state index contributed by atoms with van der Waals surface area (Å²) in [5.41, 5.74) is 2.29. The normalized spacial score (nSPS) is 29.4. The van der Waals surface area contributed by atoms with Crippen molar-refractivity contribution >= 4 is 51.9 Å². The molecular formula is C35H42Cl2FN5O2S. The van der Waals surface area contributed by atoms with Gasteiger partial charge in [-0.2, -0.15) is 0 Å². The van der Waals surface area contributed by atoms with Gasteiger partial charge in [0.25, 0.3) is 5.91 Å². The Morgan fingerprint density at radius 3 is 2.24 bits per heavy atom. The summed E-state index contributed by atoms with van der Waals surface area (Å²) in [6, 6.07) is 14.7. The molecule has 4 aliphatic rings. The molecule has 11 heteroatoms. The number of alkyl halides is 1. The van der Waals surface area contributed by atoms with Gasteiger partial charge >= 0.3 is 0 Å². The highest BCUT2D eigenvalue weighted by atomic mass is 35.5. The van der Waals surface area contributed by atoms with E-state index in [1.54, 1.807) is 9.80 Å². The molecule has 0 radical (unpaired) electrons. The summed E-state index contributed by atoms with van der Waals surface area (Å²) in [5.74, 6) is -0.448. The van der Waals surface area contributed by atoms with Gasteiger partial charge in [-0.25, -0.2) is 4.99 Å². The van der Waals surface area contributed by atoms with Crippen LogP contribution in [0.1, 0.15) is 57.7 Å². The number of fused-ring (bicyclic) bond motifs is 1. The highest BCUT2D eigenvalue weighted by molar-refractivity contribution is 8.18. The van der Waals surface area contributed by atoms with Crippen LogP contribution in [0.2, 0.25) is 10.0 Å². The summed E-state index contributed by atoms with van der Waals surface area (Å²) in [4.78, 5) is 42.4. The lowest BCUT2D eigenvalue weighted by molar-refractivity contribution is -0.142. The number of carbonyl (C=O) groups excluding carboxylic acids is 2. The Morgan fingerprint density at radius 1 is 1.04 bits per heavy atom. The van der Waals surface area contributed by atoms with Gasteiger partial charge in [0, 0.05) is 46.8 Å². The van der Waals surface area contributed by atoms with Gasteiger partial charge in [0.15, 0.2) is 5.17 Å². The minimum Gasteiger partial charge on any atom is -0.339 e. The van der Waals surface area contributed by atoms with Crippen molar-refractivity contribution in [1.29, 1.82) is 0 Å². The smallest absolute Gasteiger partial charge is 0.263 e. The van der Waals surface area contributed by atoms with Crippen LogP contribution in [0.25, 0.3) is 0 Å². The van der Waals surface area contributed by atoms with E-state index in [0.717, 1.165) is 28.4 Å². The first-order chi connectivity index (χ1) is 21.8. The Hall–Kier alpha value is -2.59. The molecule has 246 valence electrons. The SMILES string of the molecule is CC(C)C1=C(C(=O)N2[C@H](C)CC[C@@H]2C(=O)N2C[C@@H](CF)[C@H](N(C)C)C2)SC2=N[C@@](C)(c3ccc(Cl)cc3)[C@@H](c3ccc(Cl)cc3)N21. The molecule has 2 fully saturated rings. The number of allylic oxidation sites excluding steroid dienone is 1. The largest absolute Gasteiger partial charge is 0.339 e. The summed E-state index contributed by atoms with van der Waals surface area (Å²) in [6.45, 7) is 8.71. The molecule has 2 saturated heterocycles. The van der Waals surface area contributed by atoms with Crippen molar-refractivity contribution in [1.82, 2.24) is 19.6 Å². The lowest BCUT2D eigenvalue weighted by Gasteiger charge is -2.37. The molecule has 0 aromatic heterocycles. The van der Waals surface area contributed by atoms with Gasteiger partial charge in [0.2, 0.25) is 5.91 Å². The third kappa shape index (κ3) is 5.65. The number of benzene rings is 2. The molecule has 0 unspecified atom stereocenters. The van der Waals surface area contributed by atoms with Gasteiger partial charge in [-0.3, -0.25) is 14.0 Å². The standard InChI is InChI=1S/C35H42Cl2FN5O2S/c1-20(2)29-30(33(45)42-21(3)7-16-27(42)32(44)41-18-23(17-38)28(19-41)40(5)6)46-34-39-35(4,24-10-14-26(37)15-11-24)31(43(29)34)22-8-12-25(36)13-9-22/h8-15,20-21,23,27-28,31H,7,16-19H2,1-6H3/t21-,23-,27-,28-,31-,35+/m1/s1. The maximum atomic E-state index is 14.7. The maximum Gasteiger partial charge on any atom is 0.263 e. The summed E-state index contributed by atoms with van der Waals surface area (Å²) >= 11 is 14.0. The predicted molar refractivity (Wildman–Crippen MR) is 185 cm³/mol. The van der Waals surface area contributed by atoms with E-state index in [0.29, 0.717) is 34.5 Å². The zero-order valence-corrected chi connectivity index (χ0v) is 29.5. The van der Waals surface area contributed by atoms with Crippen molar-refractivity contribution in [2.75, 3.05) is 33.9 Å². The second-order valence-corrected chi connectivity index (χ2v) is 15.5. The van der Waals surface area contributed by atoms with Crippen molar-refractivity contribution in [3.63, 3.8) is 0 Å². The molecule has 46 heavy (non-hydrogen) atoms. The second kappa shape index (κ2) is 12.8. The van der Waals surface area contributed by atoms with Crippen LogP contribution in [0.4, 0.5) is 4.39 Å². The molecule has 0 N–H and O–H groups in total. The number of aliphatic imine (C=N–C) groups is 1.